The molecule has 108 valence electrons. The van der Waals surface area contributed by atoms with E-state index in [1.165, 1.54) is 19.2 Å². The summed E-state index contributed by atoms with van der Waals surface area (Å²) in [7, 11) is -2.17. The lowest BCUT2D eigenvalue weighted by atomic mass is 10.3. The van der Waals surface area contributed by atoms with E-state index in [4.69, 9.17) is 4.74 Å². The number of ether oxygens (including phenoxy) is 1. The second kappa shape index (κ2) is 5.45. The molecule has 8 heteroatoms. The smallest absolute Gasteiger partial charge is 0.263 e. The van der Waals surface area contributed by atoms with Crippen molar-refractivity contribution >= 4 is 31.8 Å². The zero-order valence-electron chi connectivity index (χ0n) is 11.2. The molecule has 0 fully saturated rings. The van der Waals surface area contributed by atoms with Crippen molar-refractivity contribution < 1.29 is 13.2 Å². The topological polar surface area (TPSA) is 84.1 Å². The maximum atomic E-state index is 12.3. The van der Waals surface area contributed by atoms with Crippen molar-refractivity contribution in [2.45, 2.75) is 18.7 Å². The first-order valence-electron chi connectivity index (χ1n) is 5.73. The van der Waals surface area contributed by atoms with Crippen LogP contribution in [0.4, 0.5) is 5.82 Å². The lowest BCUT2D eigenvalue weighted by Gasteiger charge is -2.09. The van der Waals surface area contributed by atoms with Gasteiger partial charge in [0.15, 0.2) is 5.82 Å². The molecule has 0 bridgehead atoms. The fourth-order valence-electron chi connectivity index (χ4n) is 1.58. The van der Waals surface area contributed by atoms with Gasteiger partial charge in [-0.2, -0.15) is 5.10 Å². The minimum Gasteiger partial charge on any atom is -0.496 e. The molecule has 1 heterocycles. The molecule has 0 aliphatic rings. The maximum Gasteiger partial charge on any atom is 0.263 e. The summed E-state index contributed by atoms with van der Waals surface area (Å²) in [5.41, 5.74) is 1.58. The van der Waals surface area contributed by atoms with Crippen molar-refractivity contribution in [1.29, 1.82) is 0 Å². The second-order valence-corrected chi connectivity index (χ2v) is 6.76. The first-order chi connectivity index (χ1) is 9.35. The van der Waals surface area contributed by atoms with E-state index in [0.29, 0.717) is 16.0 Å². The van der Waals surface area contributed by atoms with Crippen LogP contribution in [0.25, 0.3) is 0 Å². The quantitative estimate of drug-likeness (QED) is 0.878. The van der Waals surface area contributed by atoms with Crippen LogP contribution >= 0.6 is 15.9 Å². The van der Waals surface area contributed by atoms with E-state index in [9.17, 15) is 8.42 Å². The van der Waals surface area contributed by atoms with Crippen molar-refractivity contribution in [2.75, 3.05) is 11.8 Å². The van der Waals surface area contributed by atoms with Crippen LogP contribution in [-0.4, -0.2) is 25.7 Å². The summed E-state index contributed by atoms with van der Waals surface area (Å²) in [5, 5.41) is 6.66. The van der Waals surface area contributed by atoms with E-state index in [0.717, 1.165) is 11.3 Å². The minimum absolute atomic E-state index is 0.130. The molecule has 0 amide bonds. The second-order valence-electron chi connectivity index (χ2n) is 4.22. The predicted molar refractivity (Wildman–Crippen MR) is 79.6 cm³/mol. The lowest BCUT2D eigenvalue weighted by molar-refractivity contribution is 0.411. The number of aromatic nitrogens is 2. The third kappa shape index (κ3) is 2.80. The van der Waals surface area contributed by atoms with Gasteiger partial charge in [-0.25, -0.2) is 8.42 Å². The van der Waals surface area contributed by atoms with Gasteiger partial charge < -0.3 is 4.74 Å². The Morgan fingerprint density at radius 2 is 2.05 bits per heavy atom. The molecule has 0 aliphatic carbocycles. The average Bonchev–Trinajstić information content (AvgIpc) is 2.70. The molecule has 0 atom stereocenters. The van der Waals surface area contributed by atoms with E-state index in [-0.39, 0.29) is 4.90 Å². The number of hydrogen-bond acceptors (Lipinski definition) is 4. The number of nitrogens with one attached hydrogen (secondary N) is 2. The molecule has 0 spiro atoms. The summed E-state index contributed by atoms with van der Waals surface area (Å²) >= 11 is 3.26. The van der Waals surface area contributed by atoms with Crippen molar-refractivity contribution in [3.63, 3.8) is 0 Å². The molecule has 0 unspecified atom stereocenters. The number of aryl methyl sites for hydroxylation is 1. The Morgan fingerprint density at radius 1 is 1.35 bits per heavy atom. The predicted octanol–water partition coefficient (Wildman–Crippen LogP) is 2.60. The first-order valence-corrected chi connectivity index (χ1v) is 8.00. The van der Waals surface area contributed by atoms with Crippen LogP contribution in [0.5, 0.6) is 5.75 Å². The number of H-pyrrole nitrogens is 1. The summed E-state index contributed by atoms with van der Waals surface area (Å²) in [4.78, 5) is 0.130. The van der Waals surface area contributed by atoms with E-state index in [1.807, 2.05) is 6.92 Å². The highest BCUT2D eigenvalue weighted by Gasteiger charge is 2.18. The van der Waals surface area contributed by atoms with Gasteiger partial charge in [0.2, 0.25) is 0 Å². The zero-order chi connectivity index (χ0) is 14.9. The number of sulfonamides is 1. The van der Waals surface area contributed by atoms with Crippen molar-refractivity contribution in [2.24, 2.45) is 0 Å². The maximum absolute atomic E-state index is 12.3. The number of hydrogen-bond donors (Lipinski definition) is 2. The number of rotatable bonds is 4. The van der Waals surface area contributed by atoms with Crippen molar-refractivity contribution in [3.8, 4) is 5.75 Å². The van der Waals surface area contributed by atoms with E-state index in [1.54, 1.807) is 13.0 Å². The molecule has 0 aliphatic heterocycles. The van der Waals surface area contributed by atoms with Gasteiger partial charge in [-0.3, -0.25) is 9.82 Å². The molecule has 1 aromatic carbocycles. The Labute approximate surface area is 125 Å². The molecular formula is C12H14BrN3O3S. The number of nitrogens with zero attached hydrogens (tertiary/aromatic N) is 1. The largest absolute Gasteiger partial charge is 0.496 e. The van der Waals surface area contributed by atoms with Crippen LogP contribution in [0.15, 0.2) is 27.6 Å². The lowest BCUT2D eigenvalue weighted by Crippen LogP contribution is -2.14. The fourth-order valence-corrected chi connectivity index (χ4v) is 3.37. The molecule has 0 saturated carbocycles. The number of halogens is 1. The van der Waals surface area contributed by atoms with E-state index in [2.05, 4.69) is 30.8 Å². The summed E-state index contributed by atoms with van der Waals surface area (Å²) in [5.74, 6) is 0.866. The average molecular weight is 360 g/mol. The van der Waals surface area contributed by atoms with Gasteiger partial charge >= 0.3 is 0 Å². The Morgan fingerprint density at radius 3 is 2.55 bits per heavy atom. The SMILES string of the molecule is COc1ccc(S(=O)(=O)Nc2n[nH]c(C)c2C)cc1Br. The van der Waals surface area contributed by atoms with Gasteiger partial charge in [-0.15, -0.1) is 0 Å². The Bertz CT molecular complexity index is 740. The van der Waals surface area contributed by atoms with Crippen LogP contribution in [0.3, 0.4) is 0 Å². The van der Waals surface area contributed by atoms with Gasteiger partial charge in [-0.05, 0) is 48.0 Å². The van der Waals surface area contributed by atoms with Crippen LogP contribution < -0.4 is 9.46 Å². The van der Waals surface area contributed by atoms with Gasteiger partial charge in [0.25, 0.3) is 10.0 Å². The van der Waals surface area contributed by atoms with Crippen molar-refractivity contribution in [1.82, 2.24) is 10.2 Å². The third-order valence-corrected chi connectivity index (χ3v) is 4.87. The third-order valence-electron chi connectivity index (χ3n) is 2.92. The number of methoxy groups -OCH3 is 1. The Balaban J connectivity index is 2.36. The van der Waals surface area contributed by atoms with Crippen LogP contribution in [0, 0.1) is 13.8 Å². The molecular weight excluding hydrogens is 346 g/mol. The molecule has 2 rings (SSSR count). The standard InChI is InChI=1S/C12H14BrN3O3S/c1-7-8(2)14-15-12(7)16-20(17,18)9-4-5-11(19-3)10(13)6-9/h4-6H,1-3H3,(H2,14,15,16). The zero-order valence-corrected chi connectivity index (χ0v) is 13.6. The van der Waals surface area contributed by atoms with E-state index >= 15 is 0 Å². The molecule has 2 N–H and O–H groups in total. The molecule has 20 heavy (non-hydrogen) atoms. The van der Waals surface area contributed by atoms with Gasteiger partial charge in [0, 0.05) is 11.3 Å². The van der Waals surface area contributed by atoms with Crippen LogP contribution in [-0.2, 0) is 10.0 Å². The van der Waals surface area contributed by atoms with Crippen LogP contribution in [0.2, 0.25) is 0 Å². The van der Waals surface area contributed by atoms with Gasteiger partial charge in [0.05, 0.1) is 16.5 Å². The summed E-state index contributed by atoms with van der Waals surface area (Å²) in [6, 6.07) is 4.54. The normalized spacial score (nSPS) is 11.4. The molecule has 2 aromatic rings. The van der Waals surface area contributed by atoms with Gasteiger partial charge in [0.1, 0.15) is 5.75 Å². The summed E-state index contributed by atoms with van der Waals surface area (Å²) < 4.78 is 32.7. The summed E-state index contributed by atoms with van der Waals surface area (Å²) in [6.07, 6.45) is 0. The highest BCUT2D eigenvalue weighted by atomic mass is 79.9. The molecule has 0 radical (unpaired) electrons. The van der Waals surface area contributed by atoms with Gasteiger partial charge in [-0.1, -0.05) is 0 Å². The summed E-state index contributed by atoms with van der Waals surface area (Å²) in [6.45, 7) is 3.62. The number of anilines is 1. The Kier molecular flexibility index (Phi) is 4.05. The monoisotopic (exact) mass is 359 g/mol. The van der Waals surface area contributed by atoms with Crippen molar-refractivity contribution in [3.05, 3.63) is 33.9 Å². The minimum atomic E-state index is -3.69. The first kappa shape index (κ1) is 14.9. The number of benzene rings is 1. The molecule has 1 aromatic heterocycles. The number of aromatic amines is 1. The molecule has 0 saturated heterocycles. The fraction of sp³-hybridized carbons (Fsp3) is 0.250. The van der Waals surface area contributed by atoms with Crippen LogP contribution in [0.1, 0.15) is 11.3 Å². The Hall–Kier alpha value is -1.54. The van der Waals surface area contributed by atoms with E-state index < -0.39 is 10.0 Å². The highest BCUT2D eigenvalue weighted by Crippen LogP contribution is 2.28. The highest BCUT2D eigenvalue weighted by molar-refractivity contribution is 9.10. The molecule has 6 nitrogen and oxygen atoms in total.